The Morgan fingerprint density at radius 1 is 1.48 bits per heavy atom. The van der Waals surface area contributed by atoms with Crippen molar-refractivity contribution in [2.75, 3.05) is 12.0 Å². The van der Waals surface area contributed by atoms with E-state index in [0.29, 0.717) is 6.42 Å². The fourth-order valence-electron chi connectivity index (χ4n) is 1.94. The fraction of sp³-hybridized carbons (Fsp3) is 0.429. The highest BCUT2D eigenvalue weighted by Crippen LogP contribution is 2.15. The Kier molecular flexibility index (Phi) is 7.01. The molecule has 1 aromatic carbocycles. The lowest BCUT2D eigenvalue weighted by Gasteiger charge is -2.15. The average Bonchev–Trinajstić information content (AvgIpc) is 2.88. The molecule has 1 heterocycles. The molecule has 1 unspecified atom stereocenters. The molecule has 2 aromatic rings. The van der Waals surface area contributed by atoms with Crippen LogP contribution in [0.5, 0.6) is 0 Å². The first-order chi connectivity index (χ1) is 9.61. The Morgan fingerprint density at radius 2 is 2.19 bits per heavy atom. The van der Waals surface area contributed by atoms with Crippen molar-refractivity contribution >= 4 is 41.1 Å². The number of amides is 1. The second-order valence-corrected chi connectivity index (χ2v) is 5.74. The number of carbonyl (C=O) groups excluding carboxylic acids is 1. The molecule has 7 heteroatoms. The second kappa shape index (κ2) is 8.26. The number of nitrogens with one attached hydrogen (secondary N) is 2. The van der Waals surface area contributed by atoms with Gasteiger partial charge in [-0.25, -0.2) is 4.98 Å². The van der Waals surface area contributed by atoms with E-state index in [1.807, 2.05) is 37.4 Å². The first kappa shape index (κ1) is 17.8. The van der Waals surface area contributed by atoms with Crippen LogP contribution < -0.4 is 11.1 Å². The molecule has 0 saturated heterocycles. The lowest BCUT2D eigenvalue weighted by molar-refractivity contribution is -0.123. The SMILES string of the molecule is CSCC[C@H](N)C(=O)NC(C)c1nc2ccccc2[nH]1.Cl. The Balaban J connectivity index is 0.00000220. The number of para-hydroxylation sites is 2. The van der Waals surface area contributed by atoms with Gasteiger partial charge in [0.2, 0.25) is 5.91 Å². The van der Waals surface area contributed by atoms with E-state index in [1.165, 1.54) is 0 Å². The molecule has 0 bridgehead atoms. The molecule has 1 aromatic heterocycles. The maximum atomic E-state index is 12.0. The number of fused-ring (bicyclic) bond motifs is 1. The van der Waals surface area contributed by atoms with Crippen LogP contribution in [0.1, 0.15) is 25.2 Å². The second-order valence-electron chi connectivity index (χ2n) is 4.76. The largest absolute Gasteiger partial charge is 0.345 e. The van der Waals surface area contributed by atoms with E-state index < -0.39 is 6.04 Å². The number of imidazole rings is 1. The Labute approximate surface area is 134 Å². The van der Waals surface area contributed by atoms with Gasteiger partial charge in [0.25, 0.3) is 0 Å². The summed E-state index contributed by atoms with van der Waals surface area (Å²) in [4.78, 5) is 19.6. The maximum absolute atomic E-state index is 12.0. The van der Waals surface area contributed by atoms with Crippen LogP contribution in [0.4, 0.5) is 0 Å². The average molecular weight is 329 g/mol. The van der Waals surface area contributed by atoms with Gasteiger partial charge in [-0.1, -0.05) is 12.1 Å². The zero-order valence-corrected chi connectivity index (χ0v) is 13.8. The van der Waals surface area contributed by atoms with Crippen molar-refractivity contribution in [3.05, 3.63) is 30.1 Å². The van der Waals surface area contributed by atoms with Gasteiger partial charge in [0.15, 0.2) is 0 Å². The molecule has 0 spiro atoms. The standard InChI is InChI=1S/C14H20N4OS.ClH/c1-9(16-14(19)10(15)7-8-20-2)13-17-11-5-3-4-6-12(11)18-13;/h3-6,9-10H,7-8,15H2,1-2H3,(H,16,19)(H,17,18);1H/t9?,10-;/m0./s1. The molecule has 0 radical (unpaired) electrons. The number of benzene rings is 1. The predicted octanol–water partition coefficient (Wildman–Crippen LogP) is 2.24. The van der Waals surface area contributed by atoms with Crippen LogP contribution in [0, 0.1) is 0 Å². The van der Waals surface area contributed by atoms with Crippen molar-refractivity contribution in [1.29, 1.82) is 0 Å². The minimum atomic E-state index is -0.464. The zero-order chi connectivity index (χ0) is 14.5. The van der Waals surface area contributed by atoms with Gasteiger partial charge in [0.05, 0.1) is 23.1 Å². The number of halogens is 1. The highest BCUT2D eigenvalue weighted by atomic mass is 35.5. The summed E-state index contributed by atoms with van der Waals surface area (Å²) in [6, 6.07) is 7.14. The Bertz CT molecular complexity index is 556. The van der Waals surface area contributed by atoms with E-state index in [1.54, 1.807) is 11.8 Å². The van der Waals surface area contributed by atoms with Crippen molar-refractivity contribution in [3.63, 3.8) is 0 Å². The van der Waals surface area contributed by atoms with Crippen molar-refractivity contribution in [1.82, 2.24) is 15.3 Å². The summed E-state index contributed by atoms with van der Waals surface area (Å²) >= 11 is 1.69. The van der Waals surface area contributed by atoms with Crippen molar-refractivity contribution in [2.45, 2.75) is 25.4 Å². The minimum absolute atomic E-state index is 0. The van der Waals surface area contributed by atoms with Crippen molar-refractivity contribution in [2.24, 2.45) is 5.73 Å². The topological polar surface area (TPSA) is 83.8 Å². The van der Waals surface area contributed by atoms with Gasteiger partial charge < -0.3 is 16.0 Å². The number of aromatic amines is 1. The lowest BCUT2D eigenvalue weighted by Crippen LogP contribution is -2.42. The van der Waals surface area contributed by atoms with Gasteiger partial charge in [0.1, 0.15) is 5.82 Å². The third-order valence-corrected chi connectivity index (χ3v) is 3.79. The molecule has 2 atom stereocenters. The molecule has 116 valence electrons. The molecule has 0 aliphatic carbocycles. The summed E-state index contributed by atoms with van der Waals surface area (Å²) in [6.45, 7) is 1.90. The van der Waals surface area contributed by atoms with E-state index in [2.05, 4.69) is 15.3 Å². The highest BCUT2D eigenvalue weighted by Gasteiger charge is 2.18. The maximum Gasteiger partial charge on any atom is 0.237 e. The minimum Gasteiger partial charge on any atom is -0.345 e. The summed E-state index contributed by atoms with van der Waals surface area (Å²) in [7, 11) is 0. The van der Waals surface area contributed by atoms with Gasteiger partial charge in [-0.15, -0.1) is 12.4 Å². The molecule has 0 saturated carbocycles. The third-order valence-electron chi connectivity index (χ3n) is 3.15. The first-order valence-corrected chi connectivity index (χ1v) is 8.00. The van der Waals surface area contributed by atoms with E-state index in [9.17, 15) is 4.79 Å². The number of aromatic nitrogens is 2. The van der Waals surface area contributed by atoms with Crippen LogP contribution >= 0.6 is 24.2 Å². The molecule has 21 heavy (non-hydrogen) atoms. The predicted molar refractivity (Wildman–Crippen MR) is 90.9 cm³/mol. The quantitative estimate of drug-likeness (QED) is 0.759. The number of carbonyl (C=O) groups is 1. The summed E-state index contributed by atoms with van der Waals surface area (Å²) in [5.41, 5.74) is 7.72. The number of hydrogen-bond acceptors (Lipinski definition) is 4. The Morgan fingerprint density at radius 3 is 2.86 bits per heavy atom. The first-order valence-electron chi connectivity index (χ1n) is 6.61. The van der Waals surface area contributed by atoms with E-state index in [4.69, 9.17) is 5.73 Å². The van der Waals surface area contributed by atoms with Crippen LogP contribution in [-0.2, 0) is 4.79 Å². The van der Waals surface area contributed by atoms with Crippen LogP contribution in [-0.4, -0.2) is 33.9 Å². The van der Waals surface area contributed by atoms with Gasteiger partial charge in [-0.05, 0) is 37.5 Å². The van der Waals surface area contributed by atoms with Gasteiger partial charge in [0, 0.05) is 0 Å². The van der Waals surface area contributed by atoms with Crippen LogP contribution in [0.2, 0.25) is 0 Å². The van der Waals surface area contributed by atoms with Crippen molar-refractivity contribution in [3.8, 4) is 0 Å². The molecule has 4 N–H and O–H groups in total. The number of rotatable bonds is 6. The van der Waals surface area contributed by atoms with Crippen LogP contribution in [0.3, 0.4) is 0 Å². The van der Waals surface area contributed by atoms with E-state index in [0.717, 1.165) is 22.6 Å². The molecular formula is C14H21ClN4OS. The third kappa shape index (κ3) is 4.62. The summed E-state index contributed by atoms with van der Waals surface area (Å²) in [5, 5.41) is 2.90. The molecule has 1 amide bonds. The smallest absolute Gasteiger partial charge is 0.237 e. The zero-order valence-electron chi connectivity index (χ0n) is 12.1. The van der Waals surface area contributed by atoms with Gasteiger partial charge in [-0.2, -0.15) is 11.8 Å². The molecule has 0 fully saturated rings. The highest BCUT2D eigenvalue weighted by molar-refractivity contribution is 7.98. The summed E-state index contributed by atoms with van der Waals surface area (Å²) in [5.74, 6) is 1.50. The van der Waals surface area contributed by atoms with Crippen LogP contribution in [0.15, 0.2) is 24.3 Å². The number of nitrogens with zero attached hydrogens (tertiary/aromatic N) is 1. The number of thioether (sulfide) groups is 1. The van der Waals surface area contributed by atoms with Gasteiger partial charge in [-0.3, -0.25) is 4.79 Å². The summed E-state index contributed by atoms with van der Waals surface area (Å²) in [6.07, 6.45) is 2.68. The molecule has 0 aliphatic heterocycles. The molecule has 0 aliphatic rings. The summed E-state index contributed by atoms with van der Waals surface area (Å²) < 4.78 is 0. The Hall–Kier alpha value is -1.24. The normalized spacial score (nSPS) is 13.5. The number of hydrogen-bond donors (Lipinski definition) is 3. The van der Waals surface area contributed by atoms with E-state index >= 15 is 0 Å². The molecule has 2 rings (SSSR count). The van der Waals surface area contributed by atoms with E-state index in [-0.39, 0.29) is 24.4 Å². The number of nitrogens with two attached hydrogens (primary N) is 1. The monoisotopic (exact) mass is 328 g/mol. The fourth-order valence-corrected chi connectivity index (χ4v) is 2.43. The molecule has 5 nitrogen and oxygen atoms in total. The molecular weight excluding hydrogens is 308 g/mol. The van der Waals surface area contributed by atoms with Crippen LogP contribution in [0.25, 0.3) is 11.0 Å². The van der Waals surface area contributed by atoms with Crippen molar-refractivity contribution < 1.29 is 4.79 Å². The lowest BCUT2D eigenvalue weighted by atomic mass is 10.2. The number of H-pyrrole nitrogens is 1. The van der Waals surface area contributed by atoms with Gasteiger partial charge >= 0.3 is 0 Å².